The lowest BCUT2D eigenvalue weighted by atomic mass is 10.1. The molecule has 0 aliphatic carbocycles. The zero-order chi connectivity index (χ0) is 10.0. The van der Waals surface area contributed by atoms with Gasteiger partial charge in [-0.15, -0.1) is 11.8 Å². The van der Waals surface area contributed by atoms with Crippen LogP contribution >= 0.6 is 23.5 Å². The standard InChI is InChI=1S/C9H15NO2S2/c11-8(12)7-2-5-14-9(10-7)3-1-4-13-6-9/h7,10H,1-6H2,(H,11,12). The van der Waals surface area contributed by atoms with Gasteiger partial charge in [0.1, 0.15) is 6.04 Å². The molecule has 0 bridgehead atoms. The van der Waals surface area contributed by atoms with Gasteiger partial charge in [0.25, 0.3) is 0 Å². The van der Waals surface area contributed by atoms with Crippen molar-refractivity contribution in [2.24, 2.45) is 0 Å². The van der Waals surface area contributed by atoms with Crippen LogP contribution in [0.2, 0.25) is 0 Å². The predicted molar refractivity (Wildman–Crippen MR) is 60.9 cm³/mol. The fraction of sp³-hybridized carbons (Fsp3) is 0.889. The first-order valence-corrected chi connectivity index (χ1v) is 7.08. The van der Waals surface area contributed by atoms with Crippen LogP contribution in [0.15, 0.2) is 0 Å². The summed E-state index contributed by atoms with van der Waals surface area (Å²) in [4.78, 5) is 11.0. The van der Waals surface area contributed by atoms with Crippen LogP contribution in [0.1, 0.15) is 19.3 Å². The van der Waals surface area contributed by atoms with Gasteiger partial charge in [-0.25, -0.2) is 0 Å². The number of hydrogen-bond acceptors (Lipinski definition) is 4. The molecule has 0 saturated carbocycles. The molecule has 2 rings (SSSR count). The van der Waals surface area contributed by atoms with Crippen molar-refractivity contribution in [3.8, 4) is 0 Å². The van der Waals surface area contributed by atoms with Gasteiger partial charge in [0.05, 0.1) is 4.87 Å². The number of carboxylic acid groups (broad SMARTS) is 1. The Morgan fingerprint density at radius 1 is 1.50 bits per heavy atom. The molecule has 3 nitrogen and oxygen atoms in total. The van der Waals surface area contributed by atoms with Gasteiger partial charge in [-0.05, 0) is 30.8 Å². The van der Waals surface area contributed by atoms with E-state index in [1.807, 2.05) is 23.5 Å². The second-order valence-electron chi connectivity index (χ2n) is 3.82. The van der Waals surface area contributed by atoms with E-state index in [9.17, 15) is 4.79 Å². The zero-order valence-electron chi connectivity index (χ0n) is 7.99. The number of carboxylic acids is 1. The Labute approximate surface area is 92.4 Å². The molecular weight excluding hydrogens is 218 g/mol. The third-order valence-electron chi connectivity index (χ3n) is 2.72. The van der Waals surface area contributed by atoms with Gasteiger partial charge in [-0.2, -0.15) is 11.8 Å². The predicted octanol–water partition coefficient (Wildman–Crippen LogP) is 1.39. The first kappa shape index (κ1) is 10.6. The molecule has 0 aromatic carbocycles. The Balaban J connectivity index is 2.01. The smallest absolute Gasteiger partial charge is 0.320 e. The van der Waals surface area contributed by atoms with Crippen LogP contribution < -0.4 is 5.32 Å². The fourth-order valence-electron chi connectivity index (χ4n) is 1.99. The summed E-state index contributed by atoms with van der Waals surface area (Å²) >= 11 is 3.85. The van der Waals surface area contributed by atoms with E-state index in [1.54, 1.807) is 0 Å². The Hall–Kier alpha value is 0.130. The molecular formula is C9H15NO2S2. The number of carbonyl (C=O) groups is 1. The topological polar surface area (TPSA) is 49.3 Å². The van der Waals surface area contributed by atoms with Gasteiger partial charge in [0.15, 0.2) is 0 Å². The largest absolute Gasteiger partial charge is 0.480 e. The summed E-state index contributed by atoms with van der Waals surface area (Å²) in [6.45, 7) is 0. The fourth-order valence-corrected chi connectivity index (χ4v) is 4.88. The summed E-state index contributed by atoms with van der Waals surface area (Å²) in [7, 11) is 0. The van der Waals surface area contributed by atoms with Crippen LogP contribution in [-0.2, 0) is 4.79 Å². The number of hydrogen-bond donors (Lipinski definition) is 2. The first-order chi connectivity index (χ1) is 6.72. The minimum atomic E-state index is -0.694. The summed E-state index contributed by atoms with van der Waals surface area (Å²) in [6, 6.07) is -0.324. The summed E-state index contributed by atoms with van der Waals surface area (Å²) < 4.78 is 0. The maximum absolute atomic E-state index is 10.9. The van der Waals surface area contributed by atoms with Crippen LogP contribution in [0.3, 0.4) is 0 Å². The molecule has 2 atom stereocenters. The maximum Gasteiger partial charge on any atom is 0.320 e. The quantitative estimate of drug-likeness (QED) is 0.717. The van der Waals surface area contributed by atoms with Crippen molar-refractivity contribution in [3.05, 3.63) is 0 Å². The average Bonchev–Trinajstić information content (AvgIpc) is 2.19. The van der Waals surface area contributed by atoms with E-state index in [0.29, 0.717) is 0 Å². The van der Waals surface area contributed by atoms with Crippen molar-refractivity contribution < 1.29 is 9.90 Å². The van der Waals surface area contributed by atoms with Crippen molar-refractivity contribution in [1.29, 1.82) is 0 Å². The Morgan fingerprint density at radius 2 is 2.36 bits per heavy atom. The van der Waals surface area contributed by atoms with Crippen LogP contribution in [0.4, 0.5) is 0 Å². The van der Waals surface area contributed by atoms with Gasteiger partial charge in [0, 0.05) is 5.75 Å². The second-order valence-corrected chi connectivity index (χ2v) is 6.41. The van der Waals surface area contributed by atoms with Crippen molar-refractivity contribution in [3.63, 3.8) is 0 Å². The SMILES string of the molecule is O=C(O)C1CCSC2(CCCSC2)N1. The molecule has 2 saturated heterocycles. The number of nitrogens with one attached hydrogen (secondary N) is 1. The Kier molecular flexibility index (Phi) is 3.29. The van der Waals surface area contributed by atoms with Crippen molar-refractivity contribution in [2.45, 2.75) is 30.2 Å². The molecule has 2 heterocycles. The first-order valence-electron chi connectivity index (χ1n) is 4.94. The van der Waals surface area contributed by atoms with Gasteiger partial charge in [-0.3, -0.25) is 10.1 Å². The lowest BCUT2D eigenvalue weighted by molar-refractivity contribution is -0.140. The molecule has 0 aromatic rings. The average molecular weight is 233 g/mol. The summed E-state index contributed by atoms with van der Waals surface area (Å²) in [5.41, 5.74) is 0. The highest BCUT2D eigenvalue weighted by Crippen LogP contribution is 2.39. The summed E-state index contributed by atoms with van der Waals surface area (Å²) in [6.07, 6.45) is 3.08. The third-order valence-corrected chi connectivity index (χ3v) is 5.64. The van der Waals surface area contributed by atoms with E-state index in [1.165, 1.54) is 12.2 Å². The maximum atomic E-state index is 10.9. The van der Waals surface area contributed by atoms with Gasteiger partial charge >= 0.3 is 5.97 Å². The molecule has 2 fully saturated rings. The molecule has 2 aliphatic rings. The zero-order valence-corrected chi connectivity index (χ0v) is 9.62. The van der Waals surface area contributed by atoms with E-state index >= 15 is 0 Å². The molecule has 0 radical (unpaired) electrons. The lowest BCUT2D eigenvalue weighted by Gasteiger charge is -2.42. The molecule has 5 heteroatoms. The Bertz CT molecular complexity index is 223. The molecule has 2 N–H and O–H groups in total. The van der Waals surface area contributed by atoms with E-state index in [-0.39, 0.29) is 10.9 Å². The highest BCUT2D eigenvalue weighted by atomic mass is 32.2. The van der Waals surface area contributed by atoms with Crippen molar-refractivity contribution in [2.75, 3.05) is 17.3 Å². The number of rotatable bonds is 1. The molecule has 1 spiro atoms. The van der Waals surface area contributed by atoms with Gasteiger partial charge in [0.2, 0.25) is 0 Å². The minimum Gasteiger partial charge on any atom is -0.480 e. The van der Waals surface area contributed by atoms with E-state index < -0.39 is 5.97 Å². The van der Waals surface area contributed by atoms with Crippen LogP contribution in [-0.4, -0.2) is 39.2 Å². The third kappa shape index (κ3) is 2.20. The van der Waals surface area contributed by atoms with Gasteiger partial charge < -0.3 is 5.11 Å². The van der Waals surface area contributed by atoms with E-state index in [2.05, 4.69) is 5.32 Å². The molecule has 2 aliphatic heterocycles. The summed E-state index contributed by atoms with van der Waals surface area (Å²) in [5.74, 6) is 2.56. The molecule has 0 amide bonds. The molecule has 80 valence electrons. The van der Waals surface area contributed by atoms with Gasteiger partial charge in [-0.1, -0.05) is 0 Å². The van der Waals surface area contributed by atoms with E-state index in [4.69, 9.17) is 5.11 Å². The normalized spacial score (nSPS) is 38.4. The van der Waals surface area contributed by atoms with Crippen molar-refractivity contribution in [1.82, 2.24) is 5.32 Å². The molecule has 2 unspecified atom stereocenters. The highest BCUT2D eigenvalue weighted by molar-refractivity contribution is 8.04. The van der Waals surface area contributed by atoms with Crippen LogP contribution in [0.25, 0.3) is 0 Å². The molecule has 0 aromatic heterocycles. The number of thioether (sulfide) groups is 2. The minimum absolute atomic E-state index is 0.0597. The monoisotopic (exact) mass is 233 g/mol. The summed E-state index contributed by atoms with van der Waals surface area (Å²) in [5, 5.41) is 12.3. The van der Waals surface area contributed by atoms with E-state index in [0.717, 1.165) is 24.3 Å². The number of aliphatic carboxylic acids is 1. The van der Waals surface area contributed by atoms with Crippen molar-refractivity contribution >= 4 is 29.5 Å². The molecule has 14 heavy (non-hydrogen) atoms. The highest BCUT2D eigenvalue weighted by Gasteiger charge is 2.39. The Morgan fingerprint density at radius 3 is 3.00 bits per heavy atom. The van der Waals surface area contributed by atoms with Crippen LogP contribution in [0.5, 0.6) is 0 Å². The second kappa shape index (κ2) is 4.33. The lowest BCUT2D eigenvalue weighted by Crippen LogP contribution is -2.57. The van der Waals surface area contributed by atoms with Crippen LogP contribution in [0, 0.1) is 0 Å².